The molecule has 0 spiro atoms. The summed E-state index contributed by atoms with van der Waals surface area (Å²) in [6.45, 7) is 4.10. The molecular weight excluding hydrogens is 216 g/mol. The van der Waals surface area contributed by atoms with Crippen LogP contribution in [0, 0.1) is 0 Å². The zero-order valence-corrected chi connectivity index (χ0v) is 9.71. The lowest BCUT2D eigenvalue weighted by Crippen LogP contribution is -2.46. The third-order valence-corrected chi connectivity index (χ3v) is 3.16. The number of thioether (sulfide) groups is 1. The van der Waals surface area contributed by atoms with Gasteiger partial charge in [-0.3, -0.25) is 4.79 Å². The van der Waals surface area contributed by atoms with E-state index in [9.17, 15) is 9.59 Å². The lowest BCUT2D eigenvalue weighted by molar-refractivity contribution is -0.147. The van der Waals surface area contributed by atoms with Crippen molar-refractivity contribution in [2.75, 3.05) is 18.2 Å². The fourth-order valence-electron chi connectivity index (χ4n) is 1.29. The largest absolute Gasteiger partial charge is 0.480 e. The van der Waals surface area contributed by atoms with Gasteiger partial charge in [0.1, 0.15) is 6.04 Å². The molecule has 0 aliphatic carbocycles. The Labute approximate surface area is 93.2 Å². The molecule has 0 saturated carbocycles. The molecule has 1 aliphatic heterocycles. The molecule has 15 heavy (non-hydrogen) atoms. The Morgan fingerprint density at radius 3 is 2.80 bits per heavy atom. The van der Waals surface area contributed by atoms with Gasteiger partial charge in [-0.2, -0.15) is 0 Å². The monoisotopic (exact) mass is 232 g/mol. The van der Waals surface area contributed by atoms with Gasteiger partial charge in [-0.15, -0.1) is 11.8 Å². The van der Waals surface area contributed by atoms with Gasteiger partial charge in [-0.25, -0.2) is 4.79 Å². The summed E-state index contributed by atoms with van der Waals surface area (Å²) in [7, 11) is 0. The minimum absolute atomic E-state index is 0.138. The van der Waals surface area contributed by atoms with Crippen LogP contribution >= 0.6 is 11.8 Å². The van der Waals surface area contributed by atoms with Crippen molar-refractivity contribution in [1.29, 1.82) is 0 Å². The minimum Gasteiger partial charge on any atom is -0.480 e. The zero-order chi connectivity index (χ0) is 11.4. The predicted molar refractivity (Wildman–Crippen MR) is 58.7 cm³/mol. The van der Waals surface area contributed by atoms with E-state index in [0.29, 0.717) is 11.6 Å². The van der Waals surface area contributed by atoms with E-state index in [4.69, 9.17) is 5.11 Å². The first-order valence-electron chi connectivity index (χ1n) is 4.85. The highest BCUT2D eigenvalue weighted by atomic mass is 32.2. The fourth-order valence-corrected chi connectivity index (χ4v) is 2.46. The van der Waals surface area contributed by atoms with Crippen molar-refractivity contribution in [1.82, 2.24) is 10.2 Å². The number of nitrogens with one attached hydrogen (secondary N) is 1. The third kappa shape index (κ3) is 3.39. The maximum Gasteiger partial charge on any atom is 0.327 e. The van der Waals surface area contributed by atoms with Crippen molar-refractivity contribution in [2.45, 2.75) is 25.9 Å². The van der Waals surface area contributed by atoms with E-state index in [0.717, 1.165) is 0 Å². The molecular formula is C9H16N2O3S. The maximum absolute atomic E-state index is 11.7. The predicted octanol–water partition coefficient (Wildman–Crippen LogP) is -0.0295. The molecule has 86 valence electrons. The molecule has 1 atom stereocenters. The number of nitrogens with zero attached hydrogens (tertiary/aromatic N) is 1. The summed E-state index contributed by atoms with van der Waals surface area (Å²) in [5.41, 5.74) is 0. The Kier molecular flexibility index (Phi) is 4.41. The number of carbonyl (C=O) groups is 2. The first-order chi connectivity index (χ1) is 7.02. The van der Waals surface area contributed by atoms with Gasteiger partial charge in [0.25, 0.3) is 0 Å². The van der Waals surface area contributed by atoms with Crippen LogP contribution < -0.4 is 5.32 Å². The molecule has 0 radical (unpaired) electrons. The first-order valence-corrected chi connectivity index (χ1v) is 6.01. The highest BCUT2D eigenvalue weighted by Crippen LogP contribution is 2.20. The van der Waals surface area contributed by atoms with Crippen molar-refractivity contribution in [3.63, 3.8) is 0 Å². The van der Waals surface area contributed by atoms with Gasteiger partial charge in [-0.05, 0) is 0 Å². The molecule has 0 bridgehead atoms. The standard InChI is InChI=1S/C9H16N2O3S/c1-6(2)10-3-8(12)11-5-15-4-7(11)9(13)14/h6-7,10H,3-5H2,1-2H3,(H,13,14)/t7-/m0/s1. The minimum atomic E-state index is -0.919. The van der Waals surface area contributed by atoms with E-state index in [2.05, 4.69) is 5.32 Å². The molecule has 6 heteroatoms. The van der Waals surface area contributed by atoms with E-state index in [1.807, 2.05) is 13.8 Å². The van der Waals surface area contributed by atoms with E-state index in [-0.39, 0.29) is 18.5 Å². The molecule has 0 unspecified atom stereocenters. The van der Waals surface area contributed by atoms with Crippen LogP contribution in [0.5, 0.6) is 0 Å². The van der Waals surface area contributed by atoms with Crippen molar-refractivity contribution < 1.29 is 14.7 Å². The molecule has 0 aromatic carbocycles. The molecule has 1 amide bonds. The van der Waals surface area contributed by atoms with Crippen LogP contribution in [0.4, 0.5) is 0 Å². The topological polar surface area (TPSA) is 69.6 Å². The SMILES string of the molecule is CC(C)NCC(=O)N1CSC[C@H]1C(=O)O. The number of carbonyl (C=O) groups excluding carboxylic acids is 1. The summed E-state index contributed by atoms with van der Waals surface area (Å²) in [5.74, 6) is -0.0859. The summed E-state index contributed by atoms with van der Waals surface area (Å²) in [5, 5.41) is 11.9. The van der Waals surface area contributed by atoms with Crippen LogP contribution in [-0.4, -0.2) is 52.1 Å². The molecule has 1 fully saturated rings. The summed E-state index contributed by atoms with van der Waals surface area (Å²) in [4.78, 5) is 23.9. The van der Waals surface area contributed by atoms with E-state index in [1.54, 1.807) is 0 Å². The number of rotatable bonds is 4. The smallest absolute Gasteiger partial charge is 0.327 e. The number of hydrogen-bond donors (Lipinski definition) is 2. The van der Waals surface area contributed by atoms with Crippen LogP contribution in [0.2, 0.25) is 0 Å². The van der Waals surface area contributed by atoms with Gasteiger partial charge in [0.15, 0.2) is 0 Å². The summed E-state index contributed by atoms with van der Waals surface area (Å²) >= 11 is 1.48. The Balaban J connectivity index is 2.47. The Bertz CT molecular complexity index is 258. The second-order valence-electron chi connectivity index (χ2n) is 3.75. The Hall–Kier alpha value is -0.750. The molecule has 1 rings (SSSR count). The van der Waals surface area contributed by atoms with Gasteiger partial charge in [-0.1, -0.05) is 13.8 Å². The molecule has 0 aromatic rings. The highest BCUT2D eigenvalue weighted by molar-refractivity contribution is 7.99. The van der Waals surface area contributed by atoms with Crippen LogP contribution in [0.15, 0.2) is 0 Å². The fraction of sp³-hybridized carbons (Fsp3) is 0.778. The number of carboxylic acids is 1. The van der Waals surface area contributed by atoms with Gasteiger partial charge >= 0.3 is 5.97 Å². The van der Waals surface area contributed by atoms with Crippen LogP contribution in [0.25, 0.3) is 0 Å². The third-order valence-electron chi connectivity index (χ3n) is 2.15. The summed E-state index contributed by atoms with van der Waals surface area (Å²) < 4.78 is 0. The van der Waals surface area contributed by atoms with Crippen LogP contribution in [0.3, 0.4) is 0 Å². The van der Waals surface area contributed by atoms with Gasteiger partial charge in [0.2, 0.25) is 5.91 Å². The quantitative estimate of drug-likeness (QED) is 0.712. The van der Waals surface area contributed by atoms with Crippen molar-refractivity contribution in [3.8, 4) is 0 Å². The van der Waals surface area contributed by atoms with Crippen molar-refractivity contribution >= 4 is 23.6 Å². The summed E-state index contributed by atoms with van der Waals surface area (Å²) in [6, 6.07) is -0.427. The van der Waals surface area contributed by atoms with Crippen molar-refractivity contribution in [3.05, 3.63) is 0 Å². The van der Waals surface area contributed by atoms with Crippen molar-refractivity contribution in [2.24, 2.45) is 0 Å². The molecule has 1 heterocycles. The average molecular weight is 232 g/mol. The highest BCUT2D eigenvalue weighted by Gasteiger charge is 2.34. The average Bonchev–Trinajstić information content (AvgIpc) is 2.62. The number of carboxylic acid groups (broad SMARTS) is 1. The van der Waals surface area contributed by atoms with Crippen LogP contribution in [0.1, 0.15) is 13.8 Å². The van der Waals surface area contributed by atoms with E-state index in [1.165, 1.54) is 16.7 Å². The molecule has 1 saturated heterocycles. The molecule has 1 aliphatic rings. The van der Waals surface area contributed by atoms with E-state index >= 15 is 0 Å². The summed E-state index contributed by atoms with van der Waals surface area (Å²) in [6.07, 6.45) is 0. The van der Waals surface area contributed by atoms with E-state index < -0.39 is 12.0 Å². The molecule has 5 nitrogen and oxygen atoms in total. The normalized spacial score (nSPS) is 21.0. The maximum atomic E-state index is 11.7. The first kappa shape index (κ1) is 12.3. The Morgan fingerprint density at radius 2 is 2.27 bits per heavy atom. The molecule has 0 aromatic heterocycles. The van der Waals surface area contributed by atoms with Crippen LogP contribution in [-0.2, 0) is 9.59 Å². The lowest BCUT2D eigenvalue weighted by Gasteiger charge is -2.21. The Morgan fingerprint density at radius 1 is 1.60 bits per heavy atom. The molecule has 2 N–H and O–H groups in total. The van der Waals surface area contributed by atoms with Gasteiger partial charge in [0.05, 0.1) is 12.4 Å². The second-order valence-corrected chi connectivity index (χ2v) is 4.75. The van der Waals surface area contributed by atoms with Gasteiger partial charge < -0.3 is 15.3 Å². The number of hydrogen-bond acceptors (Lipinski definition) is 4. The van der Waals surface area contributed by atoms with Gasteiger partial charge in [0, 0.05) is 11.8 Å². The number of aliphatic carboxylic acids is 1. The number of amides is 1. The second kappa shape index (κ2) is 5.37. The zero-order valence-electron chi connectivity index (χ0n) is 8.90. The lowest BCUT2D eigenvalue weighted by atomic mass is 10.3.